The first-order valence-electron chi connectivity index (χ1n) is 7.84. The molecule has 1 aromatic rings. The van der Waals surface area contributed by atoms with Crippen LogP contribution in [0, 0.1) is 5.82 Å². The van der Waals surface area contributed by atoms with Gasteiger partial charge >= 0.3 is 0 Å². The number of likely N-dealkylation sites (N-methyl/N-ethyl adjacent to an activating group) is 1. The highest BCUT2D eigenvalue weighted by Crippen LogP contribution is 2.22. The van der Waals surface area contributed by atoms with E-state index in [0.29, 0.717) is 18.6 Å². The predicted octanol–water partition coefficient (Wildman–Crippen LogP) is 2.25. The zero-order chi connectivity index (χ0) is 15.4. The van der Waals surface area contributed by atoms with E-state index in [1.54, 1.807) is 6.07 Å². The molecule has 0 aliphatic carbocycles. The van der Waals surface area contributed by atoms with E-state index in [2.05, 4.69) is 47.9 Å². The number of hydrogen-bond donors (Lipinski definition) is 1. The van der Waals surface area contributed by atoms with Crippen molar-refractivity contribution in [2.45, 2.75) is 45.8 Å². The minimum absolute atomic E-state index is 0.263. The molecule has 2 heterocycles. The highest BCUT2D eigenvalue weighted by molar-refractivity contribution is 5.47. The number of aromatic nitrogens is 1. The largest absolute Gasteiger partial charge is 0.353 e. The minimum atomic E-state index is -0.263. The molecule has 0 aromatic carbocycles. The Morgan fingerprint density at radius 2 is 2.19 bits per heavy atom. The van der Waals surface area contributed by atoms with Gasteiger partial charge < -0.3 is 10.2 Å². The molecular weight excluding hydrogens is 267 g/mol. The second-order valence-electron chi connectivity index (χ2n) is 6.16. The van der Waals surface area contributed by atoms with Crippen LogP contribution in [0.5, 0.6) is 0 Å². The average molecular weight is 294 g/mol. The molecule has 1 unspecified atom stereocenters. The summed E-state index contributed by atoms with van der Waals surface area (Å²) in [5.74, 6) is 0.663. The highest BCUT2D eigenvalue weighted by atomic mass is 19.1. The Balaban J connectivity index is 2.18. The van der Waals surface area contributed by atoms with E-state index in [1.807, 2.05) is 0 Å². The van der Waals surface area contributed by atoms with Gasteiger partial charge in [-0.2, -0.15) is 0 Å². The summed E-state index contributed by atoms with van der Waals surface area (Å²) < 4.78 is 13.5. The van der Waals surface area contributed by atoms with Crippen molar-refractivity contribution in [1.29, 1.82) is 0 Å². The Labute approximate surface area is 127 Å². The van der Waals surface area contributed by atoms with Crippen molar-refractivity contribution in [3.8, 4) is 0 Å². The maximum Gasteiger partial charge on any atom is 0.141 e. The van der Waals surface area contributed by atoms with Crippen molar-refractivity contribution in [2.75, 3.05) is 31.6 Å². The average Bonchev–Trinajstić information content (AvgIpc) is 2.46. The fourth-order valence-corrected chi connectivity index (χ4v) is 2.78. The number of pyridine rings is 1. The van der Waals surface area contributed by atoms with E-state index < -0.39 is 0 Å². The first kappa shape index (κ1) is 16.2. The molecule has 1 aliphatic rings. The van der Waals surface area contributed by atoms with Crippen LogP contribution in [-0.2, 0) is 6.54 Å². The molecule has 1 N–H and O–H groups in total. The van der Waals surface area contributed by atoms with Crippen LogP contribution in [0.2, 0.25) is 0 Å². The Hall–Kier alpha value is -1.20. The van der Waals surface area contributed by atoms with Crippen molar-refractivity contribution in [3.63, 3.8) is 0 Å². The Morgan fingerprint density at radius 1 is 1.43 bits per heavy atom. The van der Waals surface area contributed by atoms with Crippen LogP contribution < -0.4 is 10.2 Å². The van der Waals surface area contributed by atoms with Crippen LogP contribution in [-0.4, -0.2) is 48.6 Å². The minimum Gasteiger partial charge on any atom is -0.353 e. The lowest BCUT2D eigenvalue weighted by atomic mass is 10.1. The molecule has 118 valence electrons. The molecule has 5 heteroatoms. The van der Waals surface area contributed by atoms with Crippen molar-refractivity contribution < 1.29 is 4.39 Å². The van der Waals surface area contributed by atoms with Gasteiger partial charge in [0.05, 0.1) is 6.20 Å². The molecule has 1 aliphatic heterocycles. The lowest BCUT2D eigenvalue weighted by Gasteiger charge is -2.40. The van der Waals surface area contributed by atoms with Crippen molar-refractivity contribution in [3.05, 3.63) is 23.6 Å². The number of hydrogen-bond acceptors (Lipinski definition) is 4. The summed E-state index contributed by atoms with van der Waals surface area (Å²) in [6, 6.07) is 2.52. The molecule has 1 atom stereocenters. The summed E-state index contributed by atoms with van der Waals surface area (Å²) in [6.07, 6.45) is 2.45. The van der Waals surface area contributed by atoms with E-state index in [0.717, 1.165) is 37.4 Å². The van der Waals surface area contributed by atoms with E-state index in [4.69, 9.17) is 0 Å². The molecular formula is C16H27FN4. The molecule has 0 saturated carbocycles. The van der Waals surface area contributed by atoms with Gasteiger partial charge in [0.15, 0.2) is 0 Å². The van der Waals surface area contributed by atoms with Gasteiger partial charge in [0.1, 0.15) is 11.6 Å². The molecule has 1 fully saturated rings. The number of nitrogens with one attached hydrogen (secondary N) is 1. The molecule has 0 spiro atoms. The predicted molar refractivity (Wildman–Crippen MR) is 85.1 cm³/mol. The number of halogens is 1. The molecule has 0 amide bonds. The fraction of sp³-hybridized carbons (Fsp3) is 0.688. The molecule has 1 aromatic heterocycles. The number of piperazine rings is 1. The second-order valence-corrected chi connectivity index (χ2v) is 6.16. The van der Waals surface area contributed by atoms with E-state index in [1.165, 1.54) is 6.20 Å². The Kier molecular flexibility index (Phi) is 5.53. The van der Waals surface area contributed by atoms with Crippen LogP contribution >= 0.6 is 0 Å². The topological polar surface area (TPSA) is 31.4 Å². The summed E-state index contributed by atoms with van der Waals surface area (Å²) in [4.78, 5) is 9.06. The Bertz CT molecular complexity index is 464. The molecule has 2 rings (SSSR count). The highest BCUT2D eigenvalue weighted by Gasteiger charge is 2.25. The summed E-state index contributed by atoms with van der Waals surface area (Å²) in [7, 11) is 2.17. The van der Waals surface area contributed by atoms with E-state index in [-0.39, 0.29) is 5.82 Å². The van der Waals surface area contributed by atoms with Gasteiger partial charge in [0.25, 0.3) is 0 Å². The van der Waals surface area contributed by atoms with Gasteiger partial charge in [-0.25, -0.2) is 9.37 Å². The molecule has 0 bridgehead atoms. The molecule has 1 saturated heterocycles. The number of nitrogens with zero attached hydrogens (tertiary/aromatic N) is 3. The standard InChI is InChI=1S/C16H27FN4/c1-5-15-11-21(7-6-20(15)4)16-13(9-18-12(2)3)8-14(17)10-19-16/h8,10,12,15,18H,5-7,9,11H2,1-4H3. The molecule has 21 heavy (non-hydrogen) atoms. The van der Waals surface area contributed by atoms with Gasteiger partial charge in [-0.05, 0) is 19.5 Å². The third kappa shape index (κ3) is 4.14. The van der Waals surface area contributed by atoms with Crippen LogP contribution in [0.4, 0.5) is 10.2 Å². The lowest BCUT2D eigenvalue weighted by Crippen LogP contribution is -2.51. The third-order valence-electron chi connectivity index (χ3n) is 4.16. The number of rotatable bonds is 5. The fourth-order valence-electron chi connectivity index (χ4n) is 2.78. The quantitative estimate of drug-likeness (QED) is 0.902. The normalized spacial score (nSPS) is 20.3. The SMILES string of the molecule is CCC1CN(c2ncc(F)cc2CNC(C)C)CCN1C. The van der Waals surface area contributed by atoms with Gasteiger partial charge in [-0.15, -0.1) is 0 Å². The van der Waals surface area contributed by atoms with Gasteiger partial charge in [0, 0.05) is 43.8 Å². The lowest BCUT2D eigenvalue weighted by molar-refractivity contribution is 0.212. The van der Waals surface area contributed by atoms with Crippen LogP contribution in [0.1, 0.15) is 32.8 Å². The monoisotopic (exact) mass is 294 g/mol. The summed E-state index contributed by atoms with van der Waals surface area (Å²) >= 11 is 0. The van der Waals surface area contributed by atoms with Crippen LogP contribution in [0.15, 0.2) is 12.3 Å². The maximum atomic E-state index is 13.5. The second kappa shape index (κ2) is 7.18. The van der Waals surface area contributed by atoms with Crippen molar-refractivity contribution in [1.82, 2.24) is 15.2 Å². The van der Waals surface area contributed by atoms with Crippen molar-refractivity contribution >= 4 is 5.82 Å². The van der Waals surface area contributed by atoms with E-state index >= 15 is 0 Å². The van der Waals surface area contributed by atoms with Gasteiger partial charge in [0.2, 0.25) is 0 Å². The van der Waals surface area contributed by atoms with Crippen molar-refractivity contribution in [2.24, 2.45) is 0 Å². The summed E-state index contributed by atoms with van der Waals surface area (Å²) in [6.45, 7) is 9.98. The molecule has 0 radical (unpaired) electrons. The zero-order valence-corrected chi connectivity index (χ0v) is 13.6. The first-order valence-corrected chi connectivity index (χ1v) is 7.84. The van der Waals surface area contributed by atoms with Gasteiger partial charge in [-0.1, -0.05) is 20.8 Å². The maximum absolute atomic E-state index is 13.5. The molecule has 4 nitrogen and oxygen atoms in total. The smallest absolute Gasteiger partial charge is 0.141 e. The first-order chi connectivity index (χ1) is 10.0. The van der Waals surface area contributed by atoms with Crippen LogP contribution in [0.3, 0.4) is 0 Å². The van der Waals surface area contributed by atoms with Gasteiger partial charge in [-0.3, -0.25) is 4.90 Å². The van der Waals surface area contributed by atoms with Crippen LogP contribution in [0.25, 0.3) is 0 Å². The number of anilines is 1. The van der Waals surface area contributed by atoms with E-state index in [9.17, 15) is 4.39 Å². The zero-order valence-electron chi connectivity index (χ0n) is 13.6. The third-order valence-corrected chi connectivity index (χ3v) is 4.16. The summed E-state index contributed by atoms with van der Waals surface area (Å²) in [5, 5.41) is 3.36. The Morgan fingerprint density at radius 3 is 2.86 bits per heavy atom. The summed E-state index contributed by atoms with van der Waals surface area (Å²) in [5.41, 5.74) is 0.947.